The topological polar surface area (TPSA) is 38.0 Å². The number of allylic oxidation sites excluding steroid dienone is 2. The molecule has 0 saturated carbocycles. The van der Waals surface area contributed by atoms with E-state index in [1.807, 2.05) is 6.92 Å². The highest BCUT2D eigenvalue weighted by atomic mass is 14.9. The van der Waals surface area contributed by atoms with Crippen LogP contribution in [0.1, 0.15) is 53.9 Å². The Morgan fingerprint density at radius 1 is 1.29 bits per heavy atom. The van der Waals surface area contributed by atoms with E-state index in [9.17, 15) is 0 Å². The molecule has 0 rings (SSSR count). The summed E-state index contributed by atoms with van der Waals surface area (Å²) in [5.41, 5.74) is 7.79. The van der Waals surface area contributed by atoms with Gasteiger partial charge < -0.3 is 11.1 Å². The van der Waals surface area contributed by atoms with E-state index in [1.165, 1.54) is 0 Å². The Kier molecular flexibility index (Phi) is 8.62. The van der Waals surface area contributed by atoms with E-state index >= 15 is 0 Å². The first-order valence-corrected chi connectivity index (χ1v) is 6.76. The second-order valence-electron chi connectivity index (χ2n) is 4.53. The molecule has 2 atom stereocenters. The van der Waals surface area contributed by atoms with Crippen molar-refractivity contribution in [2.75, 3.05) is 6.54 Å². The molecule has 0 aliphatic rings. The molecule has 2 heteroatoms. The van der Waals surface area contributed by atoms with E-state index in [-0.39, 0.29) is 0 Å². The van der Waals surface area contributed by atoms with Crippen molar-refractivity contribution in [2.45, 2.75) is 59.9 Å². The predicted octanol–water partition coefficient (Wildman–Crippen LogP) is 3.05. The molecule has 0 bridgehead atoms. The molecule has 98 valence electrons. The van der Waals surface area contributed by atoms with Crippen molar-refractivity contribution in [2.24, 2.45) is 11.7 Å². The second kappa shape index (κ2) is 9.13. The van der Waals surface area contributed by atoms with E-state index in [1.54, 1.807) is 0 Å². The third-order valence-corrected chi connectivity index (χ3v) is 3.07. The maximum absolute atomic E-state index is 5.86. The summed E-state index contributed by atoms with van der Waals surface area (Å²) < 4.78 is 0. The van der Waals surface area contributed by atoms with Gasteiger partial charge in [-0.25, -0.2) is 0 Å². The maximum Gasteiger partial charge on any atom is 0.0354 e. The first-order chi connectivity index (χ1) is 8.06. The molecule has 0 heterocycles. The molecule has 0 amide bonds. The minimum atomic E-state index is 0.404. The standard InChI is InChI=1S/C15H28N2/c1-6-11-17-13(5)14(7-2)10-9-12(4)15(16)8-3/h13-14,17H,6-8,11,16H2,1-5H3/b15-12-. The molecule has 17 heavy (non-hydrogen) atoms. The average molecular weight is 236 g/mol. The molecule has 0 aromatic carbocycles. The fraction of sp³-hybridized carbons (Fsp3) is 0.733. The van der Waals surface area contributed by atoms with Crippen molar-refractivity contribution in [3.05, 3.63) is 11.3 Å². The van der Waals surface area contributed by atoms with Gasteiger partial charge in [0.2, 0.25) is 0 Å². The molecule has 0 aliphatic carbocycles. The molecule has 0 spiro atoms. The minimum Gasteiger partial charge on any atom is -0.401 e. The smallest absolute Gasteiger partial charge is 0.0354 e. The van der Waals surface area contributed by atoms with Crippen LogP contribution in [0.15, 0.2) is 11.3 Å². The van der Waals surface area contributed by atoms with Crippen molar-refractivity contribution < 1.29 is 0 Å². The fourth-order valence-electron chi connectivity index (χ4n) is 1.64. The quantitative estimate of drug-likeness (QED) is 0.696. The summed E-state index contributed by atoms with van der Waals surface area (Å²) in [4.78, 5) is 0. The molecule has 0 aliphatic heterocycles. The van der Waals surface area contributed by atoms with Crippen molar-refractivity contribution in [3.8, 4) is 11.8 Å². The maximum atomic E-state index is 5.86. The Hall–Kier alpha value is -0.940. The monoisotopic (exact) mass is 236 g/mol. The number of rotatable bonds is 6. The van der Waals surface area contributed by atoms with Crippen LogP contribution in [0.2, 0.25) is 0 Å². The lowest BCUT2D eigenvalue weighted by atomic mass is 9.98. The zero-order valence-corrected chi connectivity index (χ0v) is 12.1. The summed E-state index contributed by atoms with van der Waals surface area (Å²) in [7, 11) is 0. The van der Waals surface area contributed by atoms with Gasteiger partial charge in [-0.3, -0.25) is 0 Å². The number of nitrogens with one attached hydrogen (secondary N) is 1. The van der Waals surface area contributed by atoms with Crippen LogP contribution in [0.25, 0.3) is 0 Å². The van der Waals surface area contributed by atoms with Crippen LogP contribution in [-0.2, 0) is 0 Å². The van der Waals surface area contributed by atoms with Crippen molar-refractivity contribution in [1.82, 2.24) is 5.32 Å². The molecule has 0 aromatic rings. The minimum absolute atomic E-state index is 0.404. The lowest BCUT2D eigenvalue weighted by molar-refractivity contribution is 0.437. The number of hydrogen-bond donors (Lipinski definition) is 2. The van der Waals surface area contributed by atoms with Gasteiger partial charge in [0.25, 0.3) is 0 Å². The van der Waals surface area contributed by atoms with Crippen molar-refractivity contribution in [1.29, 1.82) is 0 Å². The Balaban J connectivity index is 4.54. The molecule has 2 unspecified atom stereocenters. The van der Waals surface area contributed by atoms with Gasteiger partial charge in [0, 0.05) is 23.2 Å². The van der Waals surface area contributed by atoms with Crippen LogP contribution in [0.3, 0.4) is 0 Å². The first kappa shape index (κ1) is 16.1. The highest BCUT2D eigenvalue weighted by Crippen LogP contribution is 2.08. The van der Waals surface area contributed by atoms with Gasteiger partial charge in [-0.1, -0.05) is 32.6 Å². The summed E-state index contributed by atoms with van der Waals surface area (Å²) in [6.07, 6.45) is 3.11. The van der Waals surface area contributed by atoms with Gasteiger partial charge in [-0.15, -0.1) is 0 Å². The summed E-state index contributed by atoms with van der Waals surface area (Å²) >= 11 is 0. The third-order valence-electron chi connectivity index (χ3n) is 3.07. The lowest BCUT2D eigenvalue weighted by Crippen LogP contribution is -2.33. The van der Waals surface area contributed by atoms with Crippen LogP contribution in [0.4, 0.5) is 0 Å². The normalized spacial score (nSPS) is 15.6. The van der Waals surface area contributed by atoms with Crippen LogP contribution < -0.4 is 11.1 Å². The van der Waals surface area contributed by atoms with E-state index in [2.05, 4.69) is 44.9 Å². The molecule has 3 N–H and O–H groups in total. The zero-order valence-electron chi connectivity index (χ0n) is 12.1. The SMILES string of the molecule is CCCNC(C)C(C#C/C(C)=C(\N)CC)CC. The number of nitrogens with two attached hydrogens (primary N) is 1. The molecule has 2 nitrogen and oxygen atoms in total. The van der Waals surface area contributed by atoms with E-state index in [4.69, 9.17) is 5.73 Å². The largest absolute Gasteiger partial charge is 0.401 e. The highest BCUT2D eigenvalue weighted by molar-refractivity contribution is 5.31. The van der Waals surface area contributed by atoms with Crippen LogP contribution in [0, 0.1) is 17.8 Å². The van der Waals surface area contributed by atoms with Gasteiger partial charge in [0.1, 0.15) is 0 Å². The average Bonchev–Trinajstić information content (AvgIpc) is 2.35. The zero-order chi connectivity index (χ0) is 13.3. The number of hydrogen-bond acceptors (Lipinski definition) is 2. The predicted molar refractivity (Wildman–Crippen MR) is 76.5 cm³/mol. The van der Waals surface area contributed by atoms with Crippen molar-refractivity contribution in [3.63, 3.8) is 0 Å². The summed E-state index contributed by atoms with van der Waals surface area (Å²) in [6, 6.07) is 0.447. The Morgan fingerprint density at radius 3 is 2.41 bits per heavy atom. The third kappa shape index (κ3) is 6.38. The van der Waals surface area contributed by atoms with Gasteiger partial charge in [0.15, 0.2) is 0 Å². The van der Waals surface area contributed by atoms with E-state index < -0.39 is 0 Å². The Labute approximate surface area is 107 Å². The molecule has 0 aromatic heterocycles. The first-order valence-electron chi connectivity index (χ1n) is 6.76. The molecular formula is C15H28N2. The Morgan fingerprint density at radius 2 is 1.94 bits per heavy atom. The fourth-order valence-corrected chi connectivity index (χ4v) is 1.64. The second-order valence-corrected chi connectivity index (χ2v) is 4.53. The van der Waals surface area contributed by atoms with Gasteiger partial charge in [-0.2, -0.15) is 0 Å². The molecule has 0 saturated heterocycles. The lowest BCUT2D eigenvalue weighted by Gasteiger charge is -2.18. The summed E-state index contributed by atoms with van der Waals surface area (Å²) in [5, 5.41) is 3.50. The Bertz CT molecular complexity index is 294. The molecular weight excluding hydrogens is 208 g/mol. The van der Waals surface area contributed by atoms with E-state index in [0.717, 1.165) is 37.1 Å². The highest BCUT2D eigenvalue weighted by Gasteiger charge is 2.11. The van der Waals surface area contributed by atoms with E-state index in [0.29, 0.717) is 12.0 Å². The van der Waals surface area contributed by atoms with Gasteiger partial charge >= 0.3 is 0 Å². The van der Waals surface area contributed by atoms with Crippen LogP contribution in [0.5, 0.6) is 0 Å². The van der Waals surface area contributed by atoms with Crippen molar-refractivity contribution >= 4 is 0 Å². The summed E-state index contributed by atoms with van der Waals surface area (Å²) in [5.74, 6) is 6.95. The van der Waals surface area contributed by atoms with Gasteiger partial charge in [0.05, 0.1) is 0 Å². The molecule has 0 fully saturated rings. The molecule has 0 radical (unpaired) electrons. The van der Waals surface area contributed by atoms with Crippen LogP contribution >= 0.6 is 0 Å². The summed E-state index contributed by atoms with van der Waals surface area (Å²) in [6.45, 7) is 11.7. The van der Waals surface area contributed by atoms with Crippen LogP contribution in [-0.4, -0.2) is 12.6 Å². The van der Waals surface area contributed by atoms with Gasteiger partial charge in [-0.05, 0) is 39.7 Å².